The predicted octanol–water partition coefficient (Wildman–Crippen LogP) is 5.38. The van der Waals surface area contributed by atoms with E-state index in [0.717, 1.165) is 22.6 Å². The van der Waals surface area contributed by atoms with Crippen LogP contribution in [-0.2, 0) is 13.6 Å². The van der Waals surface area contributed by atoms with Crippen molar-refractivity contribution in [2.24, 2.45) is 0 Å². The fourth-order valence-electron chi connectivity index (χ4n) is 2.49. The molecule has 0 radical (unpaired) electrons. The summed E-state index contributed by atoms with van der Waals surface area (Å²) in [4.78, 5) is 0. The number of anilines is 1. The molecular formula is C19H26NO4P. The van der Waals surface area contributed by atoms with Gasteiger partial charge in [-0.15, -0.1) is 0 Å². The van der Waals surface area contributed by atoms with Crippen LogP contribution < -0.4 is 10.1 Å². The summed E-state index contributed by atoms with van der Waals surface area (Å²) >= 11 is 0. The van der Waals surface area contributed by atoms with Crippen molar-refractivity contribution >= 4 is 13.3 Å². The molecule has 5 nitrogen and oxygen atoms in total. The van der Waals surface area contributed by atoms with Crippen molar-refractivity contribution in [3.63, 3.8) is 0 Å². The van der Waals surface area contributed by atoms with Crippen molar-refractivity contribution in [2.45, 2.75) is 26.6 Å². The van der Waals surface area contributed by atoms with Crippen LogP contribution in [-0.4, -0.2) is 20.3 Å². The molecule has 0 saturated heterocycles. The molecule has 0 spiro atoms. The summed E-state index contributed by atoms with van der Waals surface area (Å²) in [5.74, 6) is 0.126. The highest BCUT2D eigenvalue weighted by Gasteiger charge is 2.37. The number of benzene rings is 2. The van der Waals surface area contributed by atoms with Crippen molar-refractivity contribution in [1.82, 2.24) is 0 Å². The first-order chi connectivity index (χ1) is 12.0. The molecule has 2 rings (SSSR count). The molecule has 6 heteroatoms. The molecule has 0 amide bonds. The Kier molecular flexibility index (Phi) is 7.06. The first kappa shape index (κ1) is 19.5. The lowest BCUT2D eigenvalue weighted by Gasteiger charge is -2.28. The van der Waals surface area contributed by atoms with Gasteiger partial charge in [0.15, 0.2) is 5.78 Å². The predicted molar refractivity (Wildman–Crippen MR) is 101 cm³/mol. The number of methoxy groups -OCH3 is 1. The maximum absolute atomic E-state index is 13.4. The summed E-state index contributed by atoms with van der Waals surface area (Å²) in [6.45, 7) is 6.25. The molecule has 1 N–H and O–H groups in total. The average molecular weight is 363 g/mol. The van der Waals surface area contributed by atoms with E-state index in [9.17, 15) is 4.57 Å². The van der Waals surface area contributed by atoms with Crippen molar-refractivity contribution in [3.05, 3.63) is 59.7 Å². The lowest BCUT2D eigenvalue weighted by molar-refractivity contribution is 0.214. The fraction of sp³-hybridized carbons (Fsp3) is 0.368. The number of nitrogens with one attached hydrogen (secondary N) is 1. The van der Waals surface area contributed by atoms with Crippen LogP contribution in [0.3, 0.4) is 0 Å². The molecule has 0 aromatic heterocycles. The lowest BCUT2D eigenvalue weighted by Crippen LogP contribution is -2.15. The Morgan fingerprint density at radius 2 is 1.52 bits per heavy atom. The largest absolute Gasteiger partial charge is 0.497 e. The molecule has 0 aliphatic heterocycles. The van der Waals surface area contributed by atoms with Gasteiger partial charge >= 0.3 is 7.60 Å². The smallest absolute Gasteiger partial charge is 0.357 e. The number of aryl methyl sites for hydroxylation is 1. The van der Waals surface area contributed by atoms with Crippen molar-refractivity contribution in [1.29, 1.82) is 0 Å². The molecule has 2 aromatic rings. The van der Waals surface area contributed by atoms with Crippen molar-refractivity contribution < 1.29 is 18.3 Å². The van der Waals surface area contributed by atoms with E-state index in [1.54, 1.807) is 7.11 Å². The standard InChI is InChI=1S/C19H26NO4P/c1-5-23-25(21,24-6-2)19(16-9-13-18(22-4)14-10-16)20-17-11-7-15(3)8-12-17/h7-14,19-20H,5-6H2,1-4H3. The molecule has 1 atom stereocenters. The van der Waals surface area contributed by atoms with Gasteiger partial charge in [-0.1, -0.05) is 29.8 Å². The van der Waals surface area contributed by atoms with E-state index in [2.05, 4.69) is 5.32 Å². The summed E-state index contributed by atoms with van der Waals surface area (Å²) in [6, 6.07) is 15.3. The minimum absolute atomic E-state index is 0.305. The van der Waals surface area contributed by atoms with Crippen LogP contribution in [0.4, 0.5) is 5.69 Å². The second-order valence-corrected chi connectivity index (χ2v) is 7.67. The van der Waals surface area contributed by atoms with Gasteiger partial charge in [-0.2, -0.15) is 0 Å². The van der Waals surface area contributed by atoms with Crippen LogP contribution in [0, 0.1) is 6.92 Å². The zero-order valence-electron chi connectivity index (χ0n) is 15.2. The van der Waals surface area contributed by atoms with Crippen LogP contribution in [0.5, 0.6) is 5.75 Å². The van der Waals surface area contributed by atoms with E-state index in [0.29, 0.717) is 13.2 Å². The Hall–Kier alpha value is -1.81. The minimum atomic E-state index is -3.40. The Labute approximate surface area is 149 Å². The number of hydrogen-bond acceptors (Lipinski definition) is 5. The Balaban J connectivity index is 2.41. The van der Waals surface area contributed by atoms with Gasteiger partial charge in [-0.3, -0.25) is 4.57 Å². The average Bonchev–Trinajstić information content (AvgIpc) is 2.62. The monoisotopic (exact) mass is 363 g/mol. The van der Waals surface area contributed by atoms with Gasteiger partial charge in [-0.25, -0.2) is 0 Å². The van der Waals surface area contributed by atoms with Crippen LogP contribution in [0.1, 0.15) is 30.8 Å². The maximum Gasteiger partial charge on any atom is 0.357 e. The molecule has 0 fully saturated rings. The quantitative estimate of drug-likeness (QED) is 0.606. The first-order valence-corrected chi connectivity index (χ1v) is 9.99. The number of ether oxygens (including phenoxy) is 1. The second kappa shape index (κ2) is 9.04. The van der Waals surface area contributed by atoms with Gasteiger partial charge in [0.2, 0.25) is 0 Å². The topological polar surface area (TPSA) is 56.8 Å². The molecule has 0 bridgehead atoms. The van der Waals surface area contributed by atoms with E-state index >= 15 is 0 Å². The molecular weight excluding hydrogens is 337 g/mol. The molecule has 1 unspecified atom stereocenters. The van der Waals surface area contributed by atoms with Crippen LogP contribution in [0.25, 0.3) is 0 Å². The molecule has 25 heavy (non-hydrogen) atoms. The molecule has 2 aromatic carbocycles. The van der Waals surface area contributed by atoms with E-state index in [-0.39, 0.29) is 0 Å². The van der Waals surface area contributed by atoms with Gasteiger partial charge in [0, 0.05) is 5.69 Å². The zero-order chi connectivity index (χ0) is 18.3. The molecule has 0 heterocycles. The van der Waals surface area contributed by atoms with E-state index in [1.807, 2.05) is 69.3 Å². The van der Waals surface area contributed by atoms with Gasteiger partial charge in [-0.05, 0) is 50.6 Å². The second-order valence-electron chi connectivity index (χ2n) is 5.56. The Morgan fingerprint density at radius 3 is 2.00 bits per heavy atom. The molecule has 0 aliphatic carbocycles. The maximum atomic E-state index is 13.4. The van der Waals surface area contributed by atoms with E-state index in [1.165, 1.54) is 0 Å². The molecule has 136 valence electrons. The third-order valence-corrected chi connectivity index (χ3v) is 6.02. The Bertz CT molecular complexity index is 690. The SMILES string of the molecule is CCOP(=O)(OCC)C(Nc1ccc(C)cc1)c1ccc(OC)cc1. The van der Waals surface area contributed by atoms with Crippen molar-refractivity contribution in [2.75, 3.05) is 25.6 Å². The van der Waals surface area contributed by atoms with Gasteiger partial charge in [0.05, 0.1) is 20.3 Å². The van der Waals surface area contributed by atoms with Crippen molar-refractivity contribution in [3.8, 4) is 5.75 Å². The van der Waals surface area contributed by atoms with Gasteiger partial charge < -0.3 is 19.1 Å². The summed E-state index contributed by atoms with van der Waals surface area (Å²) in [5.41, 5.74) is 2.82. The van der Waals surface area contributed by atoms with Gasteiger partial charge in [0.25, 0.3) is 0 Å². The highest BCUT2D eigenvalue weighted by Crippen LogP contribution is 2.60. The van der Waals surface area contributed by atoms with Crippen LogP contribution in [0.15, 0.2) is 48.5 Å². The lowest BCUT2D eigenvalue weighted by atomic mass is 10.2. The third-order valence-electron chi connectivity index (χ3n) is 3.72. The summed E-state index contributed by atoms with van der Waals surface area (Å²) in [7, 11) is -1.79. The molecule has 0 saturated carbocycles. The fourth-order valence-corrected chi connectivity index (χ4v) is 4.42. The van der Waals surface area contributed by atoms with Gasteiger partial charge in [0.1, 0.15) is 5.75 Å². The van der Waals surface area contributed by atoms with E-state index in [4.69, 9.17) is 13.8 Å². The first-order valence-electron chi connectivity index (χ1n) is 8.38. The molecule has 0 aliphatic rings. The van der Waals surface area contributed by atoms with Crippen LogP contribution >= 0.6 is 7.60 Å². The summed E-state index contributed by atoms with van der Waals surface area (Å²) in [5, 5.41) is 3.32. The Morgan fingerprint density at radius 1 is 0.960 bits per heavy atom. The zero-order valence-corrected chi connectivity index (χ0v) is 16.1. The highest BCUT2D eigenvalue weighted by atomic mass is 31.2. The number of rotatable bonds is 9. The summed E-state index contributed by atoms with van der Waals surface area (Å²) < 4.78 is 29.8. The third kappa shape index (κ3) is 5.08. The highest BCUT2D eigenvalue weighted by molar-refractivity contribution is 7.54. The van der Waals surface area contributed by atoms with E-state index < -0.39 is 13.4 Å². The minimum Gasteiger partial charge on any atom is -0.497 e. The summed E-state index contributed by atoms with van der Waals surface area (Å²) in [6.07, 6.45) is 0. The normalized spacial score (nSPS) is 12.6. The number of hydrogen-bond donors (Lipinski definition) is 1. The van der Waals surface area contributed by atoms with Crippen LogP contribution in [0.2, 0.25) is 0 Å².